The molecule has 1 fully saturated rings. The van der Waals surface area contributed by atoms with Crippen LogP contribution >= 0.6 is 11.8 Å². The average molecular weight is 434 g/mol. The van der Waals surface area contributed by atoms with Crippen molar-refractivity contribution in [1.29, 1.82) is 0 Å². The van der Waals surface area contributed by atoms with Gasteiger partial charge in [-0.2, -0.15) is 4.31 Å². The number of amides is 1. The first-order valence-electron chi connectivity index (χ1n) is 8.92. The van der Waals surface area contributed by atoms with Crippen LogP contribution < -0.4 is 5.32 Å². The Morgan fingerprint density at radius 1 is 1.17 bits per heavy atom. The first-order chi connectivity index (χ1) is 14.0. The van der Waals surface area contributed by atoms with Crippen molar-refractivity contribution in [2.45, 2.75) is 23.0 Å². The number of benzene rings is 1. The molecule has 1 aliphatic rings. The highest BCUT2D eigenvalue weighted by atomic mass is 32.2. The Hall–Kier alpha value is -2.63. The Morgan fingerprint density at radius 2 is 2.00 bits per heavy atom. The van der Waals surface area contributed by atoms with E-state index in [2.05, 4.69) is 15.5 Å². The number of nitrogens with zero attached hydrogens (tertiary/aromatic N) is 3. The van der Waals surface area contributed by atoms with Crippen LogP contribution in [-0.4, -0.2) is 47.7 Å². The van der Waals surface area contributed by atoms with Gasteiger partial charge >= 0.3 is 0 Å². The molecule has 1 aliphatic heterocycles. The van der Waals surface area contributed by atoms with Crippen LogP contribution in [0, 0.1) is 0 Å². The molecule has 3 heterocycles. The number of hydrogen-bond acceptors (Lipinski definition) is 8. The Balaban J connectivity index is 1.36. The van der Waals surface area contributed by atoms with Gasteiger partial charge in [0.1, 0.15) is 0 Å². The highest BCUT2D eigenvalue weighted by Crippen LogP contribution is 2.25. The molecule has 1 aromatic carbocycles. The molecule has 4 rings (SSSR count). The molecule has 29 heavy (non-hydrogen) atoms. The molecule has 0 radical (unpaired) electrons. The van der Waals surface area contributed by atoms with Gasteiger partial charge in [0.15, 0.2) is 5.76 Å². The van der Waals surface area contributed by atoms with Gasteiger partial charge in [-0.1, -0.05) is 17.8 Å². The average Bonchev–Trinajstić information content (AvgIpc) is 3.49. The second-order valence-electron chi connectivity index (χ2n) is 6.33. The summed E-state index contributed by atoms with van der Waals surface area (Å²) in [5, 5.41) is 10.7. The lowest BCUT2D eigenvalue weighted by molar-refractivity contribution is -0.113. The van der Waals surface area contributed by atoms with Gasteiger partial charge < -0.3 is 14.2 Å². The van der Waals surface area contributed by atoms with Crippen molar-refractivity contribution in [3.63, 3.8) is 0 Å². The predicted molar refractivity (Wildman–Crippen MR) is 106 cm³/mol. The molecule has 0 unspecified atom stereocenters. The summed E-state index contributed by atoms with van der Waals surface area (Å²) in [6, 6.07) is 9.66. The molecule has 9 nitrogen and oxygen atoms in total. The fourth-order valence-electron chi connectivity index (χ4n) is 2.90. The fourth-order valence-corrected chi connectivity index (χ4v) is 5.03. The molecule has 1 saturated heterocycles. The van der Waals surface area contributed by atoms with E-state index in [-0.39, 0.29) is 27.7 Å². The van der Waals surface area contributed by atoms with Crippen molar-refractivity contribution in [3.8, 4) is 11.7 Å². The van der Waals surface area contributed by atoms with E-state index in [9.17, 15) is 13.2 Å². The van der Waals surface area contributed by atoms with Crippen LogP contribution in [0.2, 0.25) is 0 Å². The first-order valence-corrected chi connectivity index (χ1v) is 11.4. The zero-order valence-corrected chi connectivity index (χ0v) is 16.9. The molecule has 11 heteroatoms. The van der Waals surface area contributed by atoms with E-state index >= 15 is 0 Å². The van der Waals surface area contributed by atoms with Gasteiger partial charge in [0.25, 0.3) is 11.1 Å². The summed E-state index contributed by atoms with van der Waals surface area (Å²) < 4.78 is 37.4. The number of thioether (sulfide) groups is 1. The highest BCUT2D eigenvalue weighted by Gasteiger charge is 2.27. The summed E-state index contributed by atoms with van der Waals surface area (Å²) in [6.07, 6.45) is 3.23. The molecule has 0 aliphatic carbocycles. The standard InChI is InChI=1S/C18H18N4O5S2/c23-16(12-28-18-21-20-17(27-18)15-7-4-10-26-15)19-13-5-3-6-14(11-13)29(24,25)22-8-1-2-9-22/h3-7,10-11H,1-2,8-9,12H2,(H,19,23). The molecular weight excluding hydrogens is 416 g/mol. The second kappa shape index (κ2) is 8.39. The zero-order valence-electron chi connectivity index (χ0n) is 15.3. The third-order valence-electron chi connectivity index (χ3n) is 4.29. The Bertz CT molecular complexity index is 1090. The van der Waals surface area contributed by atoms with E-state index in [1.807, 2.05) is 0 Å². The van der Waals surface area contributed by atoms with Gasteiger partial charge in [-0.25, -0.2) is 8.42 Å². The maximum atomic E-state index is 12.7. The quantitative estimate of drug-likeness (QED) is 0.564. The Labute approximate surface area is 171 Å². The topological polar surface area (TPSA) is 119 Å². The van der Waals surface area contributed by atoms with Crippen LogP contribution in [0.3, 0.4) is 0 Å². The Kier molecular flexibility index (Phi) is 5.69. The number of carbonyl (C=O) groups is 1. The number of sulfonamides is 1. The minimum Gasteiger partial charge on any atom is -0.459 e. The van der Waals surface area contributed by atoms with Crippen molar-refractivity contribution in [1.82, 2.24) is 14.5 Å². The number of rotatable bonds is 7. The van der Waals surface area contributed by atoms with Crippen molar-refractivity contribution in [2.24, 2.45) is 0 Å². The van der Waals surface area contributed by atoms with Gasteiger partial charge in [-0.3, -0.25) is 4.79 Å². The van der Waals surface area contributed by atoms with Crippen LogP contribution in [0.4, 0.5) is 5.69 Å². The molecule has 3 aromatic rings. The van der Waals surface area contributed by atoms with Gasteiger partial charge in [0.05, 0.1) is 16.9 Å². The van der Waals surface area contributed by atoms with Crippen molar-refractivity contribution < 1.29 is 22.0 Å². The lowest BCUT2D eigenvalue weighted by Crippen LogP contribution is -2.28. The molecule has 152 valence electrons. The molecular formula is C18H18N4O5S2. The highest BCUT2D eigenvalue weighted by molar-refractivity contribution is 7.99. The molecule has 0 atom stereocenters. The number of hydrogen-bond donors (Lipinski definition) is 1. The minimum absolute atomic E-state index is 0.0306. The van der Waals surface area contributed by atoms with E-state index in [0.29, 0.717) is 24.5 Å². The maximum Gasteiger partial charge on any atom is 0.284 e. The van der Waals surface area contributed by atoms with E-state index in [4.69, 9.17) is 8.83 Å². The SMILES string of the molecule is O=C(CSc1nnc(-c2ccco2)o1)Nc1cccc(S(=O)(=O)N2CCCC2)c1. The van der Waals surface area contributed by atoms with Gasteiger partial charge in [0, 0.05) is 18.8 Å². The lowest BCUT2D eigenvalue weighted by Gasteiger charge is -2.16. The minimum atomic E-state index is -3.54. The summed E-state index contributed by atoms with van der Waals surface area (Å²) >= 11 is 1.08. The van der Waals surface area contributed by atoms with Crippen LogP contribution in [-0.2, 0) is 14.8 Å². The van der Waals surface area contributed by atoms with Crippen molar-refractivity contribution in [2.75, 3.05) is 24.2 Å². The molecule has 2 aromatic heterocycles. The zero-order chi connectivity index (χ0) is 20.3. The summed E-state index contributed by atoms with van der Waals surface area (Å²) in [6.45, 7) is 1.06. The molecule has 1 amide bonds. The number of furan rings is 1. The normalized spacial score (nSPS) is 14.9. The number of nitrogens with one attached hydrogen (secondary N) is 1. The van der Waals surface area contributed by atoms with Crippen molar-refractivity contribution >= 4 is 33.4 Å². The van der Waals surface area contributed by atoms with Gasteiger partial charge in [0.2, 0.25) is 15.9 Å². The number of aromatic nitrogens is 2. The summed E-state index contributed by atoms with van der Waals surface area (Å²) in [5.41, 5.74) is 0.415. The van der Waals surface area contributed by atoms with Gasteiger partial charge in [-0.05, 0) is 43.2 Å². The van der Waals surface area contributed by atoms with E-state index < -0.39 is 10.0 Å². The Morgan fingerprint density at radius 3 is 2.76 bits per heavy atom. The van der Waals surface area contributed by atoms with Crippen LogP contribution in [0.5, 0.6) is 0 Å². The summed E-state index contributed by atoms with van der Waals surface area (Å²) in [4.78, 5) is 12.4. The van der Waals surface area contributed by atoms with Gasteiger partial charge in [-0.15, -0.1) is 10.2 Å². The molecule has 1 N–H and O–H groups in total. The monoisotopic (exact) mass is 434 g/mol. The van der Waals surface area contributed by atoms with Crippen LogP contribution in [0.1, 0.15) is 12.8 Å². The van der Waals surface area contributed by atoms with Crippen LogP contribution in [0.25, 0.3) is 11.7 Å². The molecule has 0 spiro atoms. The van der Waals surface area contributed by atoms with Crippen molar-refractivity contribution in [3.05, 3.63) is 42.7 Å². The second-order valence-corrected chi connectivity index (χ2v) is 9.19. The summed E-state index contributed by atoms with van der Waals surface area (Å²) in [7, 11) is -3.54. The molecule has 0 bridgehead atoms. The predicted octanol–water partition coefficient (Wildman–Crippen LogP) is 2.84. The maximum absolute atomic E-state index is 12.7. The largest absolute Gasteiger partial charge is 0.459 e. The van der Waals surface area contributed by atoms with E-state index in [1.165, 1.54) is 22.7 Å². The number of carbonyl (C=O) groups excluding carboxylic acids is 1. The lowest BCUT2D eigenvalue weighted by atomic mass is 10.3. The summed E-state index contributed by atoms with van der Waals surface area (Å²) in [5.74, 6) is 0.397. The first kappa shape index (κ1) is 19.7. The molecule has 0 saturated carbocycles. The smallest absolute Gasteiger partial charge is 0.284 e. The third-order valence-corrected chi connectivity index (χ3v) is 7.00. The van der Waals surface area contributed by atoms with E-state index in [0.717, 1.165) is 24.6 Å². The number of anilines is 1. The fraction of sp³-hybridized carbons (Fsp3) is 0.278. The van der Waals surface area contributed by atoms with E-state index in [1.54, 1.807) is 24.3 Å². The van der Waals surface area contributed by atoms with Crippen LogP contribution in [0.15, 0.2) is 61.6 Å². The third kappa shape index (κ3) is 4.52.